The van der Waals surface area contributed by atoms with Crippen LogP contribution in [0.5, 0.6) is 0 Å². The van der Waals surface area contributed by atoms with E-state index >= 15 is 0 Å². The summed E-state index contributed by atoms with van der Waals surface area (Å²) in [6, 6.07) is 6.19. The summed E-state index contributed by atoms with van der Waals surface area (Å²) in [5.74, 6) is -1.65. The molecule has 0 aliphatic rings. The summed E-state index contributed by atoms with van der Waals surface area (Å²) >= 11 is 0. The molecule has 0 saturated heterocycles. The zero-order chi connectivity index (χ0) is 15.4. The molecule has 2 aromatic rings. The summed E-state index contributed by atoms with van der Waals surface area (Å²) in [5, 5.41) is 11.3. The third kappa shape index (κ3) is 2.57. The van der Waals surface area contributed by atoms with Gasteiger partial charge in [-0.25, -0.2) is 4.79 Å². The number of hydrogen-bond acceptors (Lipinski definition) is 6. The molecule has 2 heterocycles. The van der Waals surface area contributed by atoms with Crippen LogP contribution in [0, 0.1) is 11.3 Å². The predicted molar refractivity (Wildman–Crippen MR) is 69.7 cm³/mol. The Bertz CT molecular complexity index is 783. The number of esters is 1. The number of rotatable bonds is 3. The van der Waals surface area contributed by atoms with Crippen LogP contribution in [-0.4, -0.2) is 33.2 Å². The second-order valence-corrected chi connectivity index (χ2v) is 3.85. The van der Waals surface area contributed by atoms with Gasteiger partial charge in [0.1, 0.15) is 11.8 Å². The Morgan fingerprint density at radius 3 is 2.81 bits per heavy atom. The predicted octanol–water partition coefficient (Wildman–Crippen LogP) is 0.308. The van der Waals surface area contributed by atoms with Crippen LogP contribution < -0.4 is 5.56 Å². The Hall–Kier alpha value is -3.21. The van der Waals surface area contributed by atoms with Gasteiger partial charge in [-0.15, -0.1) is 0 Å². The fraction of sp³-hybridized carbons (Fsp3) is 0.154. The van der Waals surface area contributed by atoms with Crippen LogP contribution >= 0.6 is 0 Å². The van der Waals surface area contributed by atoms with E-state index in [1.165, 1.54) is 12.3 Å². The van der Waals surface area contributed by atoms with Crippen molar-refractivity contribution < 1.29 is 14.3 Å². The Balaban J connectivity index is 2.52. The van der Waals surface area contributed by atoms with Crippen LogP contribution in [0.2, 0.25) is 0 Å². The van der Waals surface area contributed by atoms with Gasteiger partial charge in [-0.05, 0) is 19.1 Å². The molecule has 8 nitrogen and oxygen atoms in total. The van der Waals surface area contributed by atoms with Crippen molar-refractivity contribution in [3.8, 4) is 6.07 Å². The molecule has 0 bridgehead atoms. The van der Waals surface area contributed by atoms with Gasteiger partial charge in [0.25, 0.3) is 11.5 Å². The highest BCUT2D eigenvalue weighted by Crippen LogP contribution is 2.04. The minimum atomic E-state index is -0.920. The number of nitrogens with zero attached hydrogens (tertiary/aromatic N) is 3. The first-order valence-electron chi connectivity index (χ1n) is 5.98. The average Bonchev–Trinajstić information content (AvgIpc) is 2.84. The molecule has 0 unspecified atom stereocenters. The van der Waals surface area contributed by atoms with Gasteiger partial charge >= 0.3 is 5.97 Å². The van der Waals surface area contributed by atoms with Crippen molar-refractivity contribution >= 4 is 11.9 Å². The lowest BCUT2D eigenvalue weighted by molar-refractivity contribution is 0.0518. The fourth-order valence-corrected chi connectivity index (χ4v) is 1.64. The Labute approximate surface area is 118 Å². The second kappa shape index (κ2) is 5.83. The van der Waals surface area contributed by atoms with Gasteiger partial charge in [0.15, 0.2) is 11.3 Å². The molecule has 0 aromatic carbocycles. The standard InChI is InChI=1S/C13H10N4O4/c1-2-21-13(20)10-8(7-14)11(18)17(16-10)12(19)9-5-3-4-6-15-9/h3-6,16H,2H2,1H3. The summed E-state index contributed by atoms with van der Waals surface area (Å²) in [6.45, 7) is 1.66. The van der Waals surface area contributed by atoms with Crippen molar-refractivity contribution in [2.45, 2.75) is 6.92 Å². The smallest absolute Gasteiger partial charge is 0.357 e. The summed E-state index contributed by atoms with van der Waals surface area (Å²) in [4.78, 5) is 39.6. The van der Waals surface area contributed by atoms with Crippen molar-refractivity contribution in [3.05, 3.63) is 51.7 Å². The molecular weight excluding hydrogens is 276 g/mol. The third-order valence-corrected chi connectivity index (χ3v) is 2.57. The number of pyridine rings is 1. The van der Waals surface area contributed by atoms with E-state index in [-0.39, 0.29) is 18.0 Å². The number of ether oxygens (including phenoxy) is 1. The van der Waals surface area contributed by atoms with Gasteiger partial charge in [0, 0.05) is 6.20 Å². The zero-order valence-corrected chi connectivity index (χ0v) is 11.0. The second-order valence-electron chi connectivity index (χ2n) is 3.85. The van der Waals surface area contributed by atoms with Crippen molar-refractivity contribution in [3.63, 3.8) is 0 Å². The Morgan fingerprint density at radius 1 is 1.48 bits per heavy atom. The Kier molecular flexibility index (Phi) is 3.95. The van der Waals surface area contributed by atoms with E-state index in [9.17, 15) is 14.4 Å². The first-order valence-corrected chi connectivity index (χ1v) is 5.98. The van der Waals surface area contributed by atoms with E-state index in [1.54, 1.807) is 25.1 Å². The van der Waals surface area contributed by atoms with Gasteiger partial charge in [-0.2, -0.15) is 9.94 Å². The maximum absolute atomic E-state index is 12.1. The van der Waals surface area contributed by atoms with Crippen molar-refractivity contribution in [1.82, 2.24) is 14.8 Å². The first kappa shape index (κ1) is 14.2. The van der Waals surface area contributed by atoms with Crippen LogP contribution in [0.25, 0.3) is 0 Å². The number of H-pyrrole nitrogens is 1. The van der Waals surface area contributed by atoms with Crippen LogP contribution in [0.15, 0.2) is 29.2 Å². The van der Waals surface area contributed by atoms with E-state index in [2.05, 4.69) is 10.1 Å². The molecule has 106 valence electrons. The highest BCUT2D eigenvalue weighted by molar-refractivity contribution is 5.95. The van der Waals surface area contributed by atoms with Gasteiger partial charge in [-0.1, -0.05) is 6.07 Å². The average molecular weight is 286 g/mol. The molecule has 2 rings (SSSR count). The fourth-order valence-electron chi connectivity index (χ4n) is 1.64. The van der Waals surface area contributed by atoms with Crippen LogP contribution in [-0.2, 0) is 4.74 Å². The highest BCUT2D eigenvalue weighted by atomic mass is 16.5. The molecule has 21 heavy (non-hydrogen) atoms. The van der Waals surface area contributed by atoms with Gasteiger partial charge in [0.2, 0.25) is 0 Å². The van der Waals surface area contributed by atoms with E-state index in [0.29, 0.717) is 4.68 Å². The molecular formula is C13H10N4O4. The van der Waals surface area contributed by atoms with Gasteiger partial charge in [-0.3, -0.25) is 19.7 Å². The third-order valence-electron chi connectivity index (χ3n) is 2.57. The molecule has 0 radical (unpaired) electrons. The topological polar surface area (TPSA) is 118 Å². The van der Waals surface area contributed by atoms with Crippen molar-refractivity contribution in [2.75, 3.05) is 6.61 Å². The molecule has 0 saturated carbocycles. The molecule has 0 fully saturated rings. The van der Waals surface area contributed by atoms with Crippen LogP contribution in [0.4, 0.5) is 0 Å². The first-order chi connectivity index (χ1) is 10.1. The van der Waals surface area contributed by atoms with E-state index in [1.807, 2.05) is 0 Å². The number of carbonyl (C=O) groups is 2. The summed E-state index contributed by atoms with van der Waals surface area (Å²) in [7, 11) is 0. The van der Waals surface area contributed by atoms with Crippen molar-refractivity contribution in [2.24, 2.45) is 0 Å². The SMILES string of the molecule is CCOC(=O)c1[nH]n(C(=O)c2ccccn2)c(=O)c1C#N. The minimum absolute atomic E-state index is 0.000693. The normalized spacial score (nSPS) is 9.90. The lowest BCUT2D eigenvalue weighted by atomic mass is 10.2. The Morgan fingerprint density at radius 2 is 2.24 bits per heavy atom. The number of nitriles is 1. The maximum atomic E-state index is 12.1. The lowest BCUT2D eigenvalue weighted by Gasteiger charge is -2.00. The summed E-state index contributed by atoms with van der Waals surface area (Å²) < 4.78 is 5.29. The molecule has 0 amide bonds. The van der Waals surface area contributed by atoms with Gasteiger partial charge in [0.05, 0.1) is 6.61 Å². The van der Waals surface area contributed by atoms with E-state index < -0.39 is 23.0 Å². The number of carbonyl (C=O) groups excluding carboxylic acids is 2. The van der Waals surface area contributed by atoms with E-state index in [0.717, 1.165) is 0 Å². The molecule has 0 aliphatic heterocycles. The molecule has 0 spiro atoms. The van der Waals surface area contributed by atoms with Crippen LogP contribution in [0.3, 0.4) is 0 Å². The number of nitrogens with one attached hydrogen (secondary N) is 1. The number of hydrogen-bond donors (Lipinski definition) is 1. The molecule has 0 aliphatic carbocycles. The summed E-state index contributed by atoms with van der Waals surface area (Å²) in [6.07, 6.45) is 1.39. The van der Waals surface area contributed by atoms with E-state index in [4.69, 9.17) is 10.00 Å². The number of aromatic nitrogens is 3. The van der Waals surface area contributed by atoms with Gasteiger partial charge < -0.3 is 4.74 Å². The zero-order valence-electron chi connectivity index (χ0n) is 11.0. The van der Waals surface area contributed by atoms with Crippen LogP contribution in [0.1, 0.15) is 33.5 Å². The minimum Gasteiger partial charge on any atom is -0.461 e. The maximum Gasteiger partial charge on any atom is 0.357 e. The van der Waals surface area contributed by atoms with Crippen molar-refractivity contribution in [1.29, 1.82) is 5.26 Å². The molecule has 1 N–H and O–H groups in total. The molecule has 0 atom stereocenters. The lowest BCUT2D eigenvalue weighted by Crippen LogP contribution is -2.26. The quantitative estimate of drug-likeness (QED) is 0.811. The summed E-state index contributed by atoms with van der Waals surface area (Å²) in [5.41, 5.74) is -1.75. The monoisotopic (exact) mass is 286 g/mol. The number of aromatic amines is 1. The largest absolute Gasteiger partial charge is 0.461 e. The highest BCUT2D eigenvalue weighted by Gasteiger charge is 2.24. The molecule has 8 heteroatoms. The molecule has 2 aromatic heterocycles.